The minimum atomic E-state index is 0. The molecule has 1 atom stereocenters. The Labute approximate surface area is 110 Å². The average molecular weight is 250 g/mol. The summed E-state index contributed by atoms with van der Waals surface area (Å²) < 4.78 is 1.13. The molecule has 0 fully saturated rings. The van der Waals surface area contributed by atoms with E-state index in [0.717, 1.165) is 10.5 Å². The van der Waals surface area contributed by atoms with E-state index in [1.807, 2.05) is 0 Å². The minimum Gasteiger partial charge on any atom is -1.00 e. The third kappa shape index (κ3) is 9.47. The zero-order chi connectivity index (χ0) is 11.7. The van der Waals surface area contributed by atoms with Crippen molar-refractivity contribution in [3.63, 3.8) is 0 Å². The van der Waals surface area contributed by atoms with E-state index in [0.29, 0.717) is 0 Å². The van der Waals surface area contributed by atoms with Crippen LogP contribution >= 0.6 is 0 Å². The molecular formula is C14H32ClN. The summed E-state index contributed by atoms with van der Waals surface area (Å²) in [4.78, 5) is 0. The number of quaternary nitrogens is 1. The summed E-state index contributed by atoms with van der Waals surface area (Å²) in [5.74, 6) is 0. The maximum Gasteiger partial charge on any atom is 0.0881 e. The van der Waals surface area contributed by atoms with Gasteiger partial charge in [-0.15, -0.1) is 0 Å². The van der Waals surface area contributed by atoms with Crippen molar-refractivity contribution in [1.29, 1.82) is 0 Å². The molecule has 0 amide bonds. The molecule has 0 bridgehead atoms. The first-order valence-electron chi connectivity index (χ1n) is 6.83. The molecule has 0 aliphatic rings. The quantitative estimate of drug-likeness (QED) is 0.426. The summed E-state index contributed by atoms with van der Waals surface area (Å²) in [5.41, 5.74) is 0. The lowest BCUT2D eigenvalue weighted by Gasteiger charge is -2.33. The molecule has 0 heterocycles. The molecule has 0 aliphatic carbocycles. The summed E-state index contributed by atoms with van der Waals surface area (Å²) in [6.45, 7) is 4.61. The topological polar surface area (TPSA) is 0 Å². The number of nitrogens with zero attached hydrogens (tertiary/aromatic N) is 1. The molecular weight excluding hydrogens is 218 g/mol. The molecule has 0 rings (SSSR count). The van der Waals surface area contributed by atoms with E-state index in [9.17, 15) is 0 Å². The lowest BCUT2D eigenvalue weighted by molar-refractivity contribution is -0.896. The van der Waals surface area contributed by atoms with E-state index in [1.54, 1.807) is 0 Å². The van der Waals surface area contributed by atoms with Crippen LogP contribution in [0.1, 0.15) is 65.2 Å². The van der Waals surface area contributed by atoms with Crippen LogP contribution in [0.5, 0.6) is 0 Å². The molecule has 0 aromatic heterocycles. The van der Waals surface area contributed by atoms with E-state index < -0.39 is 0 Å². The highest BCUT2D eigenvalue weighted by Crippen LogP contribution is 2.16. The van der Waals surface area contributed by atoms with E-state index in [2.05, 4.69) is 35.0 Å². The Morgan fingerprint density at radius 2 is 1.31 bits per heavy atom. The second kappa shape index (κ2) is 10.4. The van der Waals surface area contributed by atoms with Crippen molar-refractivity contribution in [2.24, 2.45) is 0 Å². The molecule has 0 aliphatic heterocycles. The van der Waals surface area contributed by atoms with Crippen molar-refractivity contribution in [1.82, 2.24) is 0 Å². The van der Waals surface area contributed by atoms with Crippen LogP contribution in [0, 0.1) is 0 Å². The largest absolute Gasteiger partial charge is 1.00 e. The van der Waals surface area contributed by atoms with Crippen LogP contribution in [0.2, 0.25) is 0 Å². The Kier molecular flexibility index (Phi) is 12.1. The van der Waals surface area contributed by atoms with Crippen molar-refractivity contribution in [3.05, 3.63) is 0 Å². The Balaban J connectivity index is 0. The van der Waals surface area contributed by atoms with Gasteiger partial charge in [-0.25, -0.2) is 0 Å². The van der Waals surface area contributed by atoms with Gasteiger partial charge in [0, 0.05) is 0 Å². The molecule has 16 heavy (non-hydrogen) atoms. The van der Waals surface area contributed by atoms with Gasteiger partial charge in [0.15, 0.2) is 0 Å². The summed E-state index contributed by atoms with van der Waals surface area (Å²) in [6, 6.07) is 0.858. The van der Waals surface area contributed by atoms with Gasteiger partial charge >= 0.3 is 0 Å². The maximum absolute atomic E-state index is 2.32. The van der Waals surface area contributed by atoms with Gasteiger partial charge in [-0.2, -0.15) is 0 Å². The maximum atomic E-state index is 2.32. The fourth-order valence-corrected chi connectivity index (χ4v) is 2.30. The van der Waals surface area contributed by atoms with E-state index in [-0.39, 0.29) is 12.4 Å². The average Bonchev–Trinajstić information content (AvgIpc) is 2.15. The Bertz CT molecular complexity index is 140. The van der Waals surface area contributed by atoms with Gasteiger partial charge in [0.1, 0.15) is 0 Å². The van der Waals surface area contributed by atoms with Crippen LogP contribution in [-0.4, -0.2) is 31.7 Å². The van der Waals surface area contributed by atoms with Crippen molar-refractivity contribution < 1.29 is 16.9 Å². The molecule has 1 nitrogen and oxygen atoms in total. The molecule has 1 unspecified atom stereocenters. The molecule has 100 valence electrons. The first-order chi connectivity index (χ1) is 7.02. The Morgan fingerprint density at radius 1 is 0.812 bits per heavy atom. The molecule has 0 saturated heterocycles. The highest BCUT2D eigenvalue weighted by molar-refractivity contribution is 4.56. The molecule has 0 aromatic rings. The molecule has 2 heteroatoms. The number of unbranched alkanes of at least 4 members (excludes halogenated alkanes) is 5. The summed E-state index contributed by atoms with van der Waals surface area (Å²) >= 11 is 0. The summed E-state index contributed by atoms with van der Waals surface area (Å²) in [6.07, 6.45) is 11.3. The van der Waals surface area contributed by atoms with Crippen LogP contribution in [0.3, 0.4) is 0 Å². The zero-order valence-corrected chi connectivity index (χ0v) is 12.8. The minimum absolute atomic E-state index is 0. The first kappa shape index (κ1) is 18.6. The normalized spacial score (nSPS) is 13.3. The molecule has 0 N–H and O–H groups in total. The van der Waals surface area contributed by atoms with Gasteiger partial charge in [0.25, 0.3) is 0 Å². The van der Waals surface area contributed by atoms with E-state index in [4.69, 9.17) is 0 Å². The lowest BCUT2D eigenvalue weighted by Crippen LogP contribution is -3.00. The standard InChI is InChI=1S/C14H32N.ClH/c1-6-8-9-10-11-12-13-14(7-2)15(3,4)5;/h14H,6-13H2,1-5H3;1H/q+1;/p-1. The Hall–Kier alpha value is 0.250. The zero-order valence-electron chi connectivity index (χ0n) is 12.1. The fourth-order valence-electron chi connectivity index (χ4n) is 2.30. The number of halogens is 1. The lowest BCUT2D eigenvalue weighted by atomic mass is 10.0. The van der Waals surface area contributed by atoms with Gasteiger partial charge in [-0.1, -0.05) is 46.0 Å². The summed E-state index contributed by atoms with van der Waals surface area (Å²) in [7, 11) is 6.97. The predicted octanol–water partition coefficient (Wildman–Crippen LogP) is 1.23. The number of hydrogen-bond acceptors (Lipinski definition) is 0. The van der Waals surface area contributed by atoms with Crippen molar-refractivity contribution in [2.45, 2.75) is 71.3 Å². The Morgan fingerprint density at radius 3 is 1.75 bits per heavy atom. The van der Waals surface area contributed by atoms with Gasteiger partial charge < -0.3 is 16.9 Å². The monoisotopic (exact) mass is 249 g/mol. The number of rotatable bonds is 9. The number of hydrogen-bond donors (Lipinski definition) is 0. The van der Waals surface area contributed by atoms with Crippen LogP contribution in [0.4, 0.5) is 0 Å². The third-order valence-corrected chi connectivity index (χ3v) is 3.46. The van der Waals surface area contributed by atoms with Crippen LogP contribution in [0.15, 0.2) is 0 Å². The molecule has 0 radical (unpaired) electrons. The second-order valence-corrected chi connectivity index (χ2v) is 5.73. The van der Waals surface area contributed by atoms with Crippen LogP contribution in [0.25, 0.3) is 0 Å². The second-order valence-electron chi connectivity index (χ2n) is 5.73. The van der Waals surface area contributed by atoms with Crippen LogP contribution in [-0.2, 0) is 0 Å². The van der Waals surface area contributed by atoms with Crippen molar-refractivity contribution in [2.75, 3.05) is 21.1 Å². The van der Waals surface area contributed by atoms with Gasteiger partial charge in [-0.3, -0.25) is 0 Å². The molecule has 0 spiro atoms. The highest BCUT2D eigenvalue weighted by atomic mass is 35.5. The smallest absolute Gasteiger partial charge is 0.0881 e. The van der Waals surface area contributed by atoms with Gasteiger partial charge in [-0.05, 0) is 19.3 Å². The van der Waals surface area contributed by atoms with E-state index in [1.165, 1.54) is 51.4 Å². The van der Waals surface area contributed by atoms with E-state index >= 15 is 0 Å². The third-order valence-electron chi connectivity index (χ3n) is 3.46. The van der Waals surface area contributed by atoms with Crippen molar-refractivity contribution in [3.8, 4) is 0 Å². The fraction of sp³-hybridized carbons (Fsp3) is 1.00. The van der Waals surface area contributed by atoms with Crippen LogP contribution < -0.4 is 12.4 Å². The highest BCUT2D eigenvalue weighted by Gasteiger charge is 2.20. The van der Waals surface area contributed by atoms with Gasteiger partial charge in [0.2, 0.25) is 0 Å². The SMILES string of the molecule is CCCCCCCCC(CC)[N+](C)(C)C.[Cl-]. The first-order valence-corrected chi connectivity index (χ1v) is 6.83. The molecule has 0 saturated carbocycles. The molecule has 0 aromatic carbocycles. The van der Waals surface area contributed by atoms with Gasteiger partial charge in [0.05, 0.1) is 27.2 Å². The van der Waals surface area contributed by atoms with Crippen molar-refractivity contribution >= 4 is 0 Å². The predicted molar refractivity (Wildman–Crippen MR) is 70.1 cm³/mol. The summed E-state index contributed by atoms with van der Waals surface area (Å²) in [5, 5.41) is 0.